The van der Waals surface area contributed by atoms with Gasteiger partial charge in [0, 0.05) is 21.8 Å². The van der Waals surface area contributed by atoms with Crippen LogP contribution in [0.2, 0.25) is 0 Å². The molecule has 1 fully saturated rings. The molecule has 7 heteroatoms. The third-order valence-corrected chi connectivity index (χ3v) is 6.47. The maximum absolute atomic E-state index is 12.5. The molecule has 0 radical (unpaired) electrons. The van der Waals surface area contributed by atoms with Gasteiger partial charge in [-0.2, -0.15) is 0 Å². The van der Waals surface area contributed by atoms with E-state index in [1.807, 2.05) is 6.07 Å². The minimum absolute atomic E-state index is 0.0182. The molecule has 138 valence electrons. The van der Waals surface area contributed by atoms with Crippen LogP contribution in [-0.2, 0) is 10.0 Å². The van der Waals surface area contributed by atoms with Crippen LogP contribution in [0, 0.1) is 0 Å². The fourth-order valence-corrected chi connectivity index (χ4v) is 4.76. The Labute approximate surface area is 162 Å². The van der Waals surface area contributed by atoms with Crippen molar-refractivity contribution in [3.63, 3.8) is 0 Å². The zero-order valence-electron chi connectivity index (χ0n) is 14.2. The fourth-order valence-electron chi connectivity index (χ4n) is 3.06. The average molecular weight is 437 g/mol. The number of halogens is 1. The predicted molar refractivity (Wildman–Crippen MR) is 106 cm³/mol. The van der Waals surface area contributed by atoms with Gasteiger partial charge < -0.3 is 5.32 Å². The van der Waals surface area contributed by atoms with E-state index < -0.39 is 10.0 Å². The second-order valence-corrected chi connectivity index (χ2v) is 9.07. The summed E-state index contributed by atoms with van der Waals surface area (Å²) in [6.45, 7) is 0. The Morgan fingerprint density at radius 1 is 1.00 bits per heavy atom. The quantitative estimate of drug-likeness (QED) is 0.732. The van der Waals surface area contributed by atoms with Gasteiger partial charge in [0.2, 0.25) is 10.0 Å². The zero-order chi connectivity index (χ0) is 18.6. The highest BCUT2D eigenvalue weighted by atomic mass is 79.9. The molecular formula is C19H21BrN2O3S. The lowest BCUT2D eigenvalue weighted by atomic mass is 9.96. The van der Waals surface area contributed by atoms with E-state index in [-0.39, 0.29) is 16.8 Å². The number of hydrogen-bond acceptors (Lipinski definition) is 3. The van der Waals surface area contributed by atoms with Crippen molar-refractivity contribution < 1.29 is 13.2 Å². The molecule has 2 aromatic rings. The van der Waals surface area contributed by atoms with Gasteiger partial charge in [-0.15, -0.1) is 0 Å². The third kappa shape index (κ3) is 4.93. The number of carbonyl (C=O) groups excluding carboxylic acids is 1. The summed E-state index contributed by atoms with van der Waals surface area (Å²) in [5.74, 6) is -0.248. The number of carbonyl (C=O) groups is 1. The smallest absolute Gasteiger partial charge is 0.255 e. The maximum Gasteiger partial charge on any atom is 0.255 e. The van der Waals surface area contributed by atoms with Crippen molar-refractivity contribution in [3.8, 4) is 0 Å². The van der Waals surface area contributed by atoms with Crippen LogP contribution < -0.4 is 10.0 Å². The summed E-state index contributed by atoms with van der Waals surface area (Å²) < 4.78 is 28.6. The summed E-state index contributed by atoms with van der Waals surface area (Å²) in [6, 6.07) is 13.3. The molecular weight excluding hydrogens is 416 g/mol. The first kappa shape index (κ1) is 19.1. The summed E-state index contributed by atoms with van der Waals surface area (Å²) in [6.07, 6.45) is 5.08. The molecule has 0 bridgehead atoms. The Kier molecular flexibility index (Phi) is 6.11. The summed E-state index contributed by atoms with van der Waals surface area (Å²) in [5.41, 5.74) is 1.07. The molecule has 0 saturated heterocycles. The van der Waals surface area contributed by atoms with Crippen LogP contribution in [0.15, 0.2) is 57.9 Å². The van der Waals surface area contributed by atoms with Crippen LogP contribution >= 0.6 is 15.9 Å². The first-order valence-corrected chi connectivity index (χ1v) is 10.9. The Bertz CT molecular complexity index is 876. The van der Waals surface area contributed by atoms with Crippen LogP contribution in [-0.4, -0.2) is 20.4 Å². The van der Waals surface area contributed by atoms with Crippen molar-refractivity contribution in [2.45, 2.75) is 43.0 Å². The number of hydrogen-bond donors (Lipinski definition) is 2. The Hall–Kier alpha value is -1.70. The van der Waals surface area contributed by atoms with E-state index in [9.17, 15) is 13.2 Å². The van der Waals surface area contributed by atoms with Crippen LogP contribution in [0.5, 0.6) is 0 Å². The van der Waals surface area contributed by atoms with E-state index >= 15 is 0 Å². The zero-order valence-corrected chi connectivity index (χ0v) is 16.6. The van der Waals surface area contributed by atoms with Crippen molar-refractivity contribution in [2.75, 3.05) is 5.32 Å². The van der Waals surface area contributed by atoms with Gasteiger partial charge in [-0.1, -0.05) is 41.3 Å². The molecule has 0 heterocycles. The molecule has 26 heavy (non-hydrogen) atoms. The number of rotatable bonds is 5. The average Bonchev–Trinajstić information content (AvgIpc) is 2.62. The van der Waals surface area contributed by atoms with Crippen molar-refractivity contribution >= 4 is 37.5 Å². The van der Waals surface area contributed by atoms with Gasteiger partial charge in [-0.25, -0.2) is 13.1 Å². The van der Waals surface area contributed by atoms with E-state index in [2.05, 4.69) is 26.0 Å². The molecule has 0 unspecified atom stereocenters. The summed E-state index contributed by atoms with van der Waals surface area (Å²) >= 11 is 3.33. The maximum atomic E-state index is 12.5. The minimum Gasteiger partial charge on any atom is -0.322 e. The van der Waals surface area contributed by atoms with E-state index in [1.165, 1.54) is 18.6 Å². The van der Waals surface area contributed by atoms with Crippen molar-refractivity contribution in [2.24, 2.45) is 0 Å². The molecule has 1 aliphatic carbocycles. The molecule has 2 aromatic carbocycles. The monoisotopic (exact) mass is 436 g/mol. The molecule has 3 rings (SSSR count). The standard InChI is InChI=1S/C19H21BrN2O3S/c20-15-6-4-5-14(13-15)19(23)21-16-9-11-18(12-10-16)26(24,25)22-17-7-2-1-3-8-17/h4-6,9-13,17,22H,1-3,7-8H2,(H,21,23). The number of benzene rings is 2. The van der Waals surface area contributed by atoms with E-state index in [0.717, 1.165) is 30.2 Å². The van der Waals surface area contributed by atoms with E-state index in [4.69, 9.17) is 0 Å². The van der Waals surface area contributed by atoms with Gasteiger partial charge >= 0.3 is 0 Å². The molecule has 0 aliphatic heterocycles. The first-order chi connectivity index (χ1) is 12.4. The summed E-state index contributed by atoms with van der Waals surface area (Å²) in [5, 5.41) is 2.77. The summed E-state index contributed by atoms with van der Waals surface area (Å²) in [4.78, 5) is 12.5. The Balaban J connectivity index is 1.66. The Morgan fingerprint density at radius 3 is 2.35 bits per heavy atom. The molecule has 0 atom stereocenters. The van der Waals surface area contributed by atoms with Crippen LogP contribution in [0.25, 0.3) is 0 Å². The predicted octanol–water partition coefficient (Wildman–Crippen LogP) is 4.31. The highest BCUT2D eigenvalue weighted by Crippen LogP contribution is 2.21. The molecule has 2 N–H and O–H groups in total. The molecule has 1 amide bonds. The lowest BCUT2D eigenvalue weighted by molar-refractivity contribution is 0.102. The highest BCUT2D eigenvalue weighted by Gasteiger charge is 2.21. The number of amides is 1. The van der Waals surface area contributed by atoms with Gasteiger partial charge in [0.1, 0.15) is 0 Å². The second-order valence-electron chi connectivity index (χ2n) is 6.45. The van der Waals surface area contributed by atoms with Gasteiger partial charge in [0.05, 0.1) is 4.90 Å². The largest absolute Gasteiger partial charge is 0.322 e. The second kappa shape index (κ2) is 8.33. The van der Waals surface area contributed by atoms with Crippen molar-refractivity contribution in [1.29, 1.82) is 0 Å². The lowest BCUT2D eigenvalue weighted by Gasteiger charge is -2.22. The topological polar surface area (TPSA) is 75.3 Å². The van der Waals surface area contributed by atoms with Crippen LogP contribution in [0.4, 0.5) is 5.69 Å². The van der Waals surface area contributed by atoms with Crippen molar-refractivity contribution in [1.82, 2.24) is 4.72 Å². The summed E-state index contributed by atoms with van der Waals surface area (Å²) in [7, 11) is -3.53. The first-order valence-electron chi connectivity index (χ1n) is 8.63. The normalized spacial score (nSPS) is 15.6. The van der Waals surface area contributed by atoms with Gasteiger partial charge in [-0.3, -0.25) is 4.79 Å². The van der Waals surface area contributed by atoms with Gasteiger partial charge in [0.25, 0.3) is 5.91 Å². The van der Waals surface area contributed by atoms with Gasteiger partial charge in [0.15, 0.2) is 0 Å². The minimum atomic E-state index is -3.53. The van der Waals surface area contributed by atoms with Gasteiger partial charge in [-0.05, 0) is 55.3 Å². The van der Waals surface area contributed by atoms with Crippen molar-refractivity contribution in [3.05, 3.63) is 58.6 Å². The van der Waals surface area contributed by atoms with E-state index in [1.54, 1.807) is 30.3 Å². The highest BCUT2D eigenvalue weighted by molar-refractivity contribution is 9.10. The third-order valence-electron chi connectivity index (χ3n) is 4.44. The van der Waals surface area contributed by atoms with Crippen LogP contribution in [0.3, 0.4) is 0 Å². The van der Waals surface area contributed by atoms with E-state index in [0.29, 0.717) is 11.3 Å². The van der Waals surface area contributed by atoms with Crippen LogP contribution in [0.1, 0.15) is 42.5 Å². The number of sulfonamides is 1. The molecule has 0 spiro atoms. The molecule has 0 aromatic heterocycles. The lowest BCUT2D eigenvalue weighted by Crippen LogP contribution is -2.36. The fraction of sp³-hybridized carbons (Fsp3) is 0.316. The number of anilines is 1. The molecule has 1 saturated carbocycles. The SMILES string of the molecule is O=C(Nc1ccc(S(=O)(=O)NC2CCCCC2)cc1)c1cccc(Br)c1. The molecule has 1 aliphatic rings. The molecule has 5 nitrogen and oxygen atoms in total. The number of nitrogens with one attached hydrogen (secondary N) is 2. The Morgan fingerprint density at radius 2 is 1.69 bits per heavy atom.